The molecule has 0 spiro atoms. The third-order valence-corrected chi connectivity index (χ3v) is 4.91. The van der Waals surface area contributed by atoms with Crippen molar-refractivity contribution in [3.05, 3.63) is 41.1 Å². The molecule has 1 saturated carbocycles. The number of aromatic nitrogens is 1. The van der Waals surface area contributed by atoms with Crippen molar-refractivity contribution in [1.29, 1.82) is 0 Å². The molecule has 2 aromatic rings. The Hall–Kier alpha value is -2.76. The lowest BCUT2D eigenvalue weighted by Gasteiger charge is -2.29. The lowest BCUT2D eigenvalue weighted by Crippen LogP contribution is -2.21. The lowest BCUT2D eigenvalue weighted by atomic mass is 9.79. The van der Waals surface area contributed by atoms with Crippen LogP contribution in [0.3, 0.4) is 0 Å². The van der Waals surface area contributed by atoms with E-state index in [0.717, 1.165) is 17.0 Å². The first-order valence-electron chi connectivity index (χ1n) is 8.47. The van der Waals surface area contributed by atoms with Crippen molar-refractivity contribution < 1.29 is 9.53 Å². The molecule has 6 heteroatoms. The molecular formula is C19H24N4O2. The maximum atomic E-state index is 12.3. The van der Waals surface area contributed by atoms with Gasteiger partial charge in [-0.2, -0.15) is 0 Å². The van der Waals surface area contributed by atoms with Gasteiger partial charge in [0.25, 0.3) is 5.91 Å². The normalized spacial score (nSPS) is 13.9. The third kappa shape index (κ3) is 3.12. The molecule has 6 nitrogen and oxygen atoms in total. The minimum atomic E-state index is -0.210. The average molecular weight is 340 g/mol. The Labute approximate surface area is 147 Å². The van der Waals surface area contributed by atoms with Crippen LogP contribution < -0.4 is 21.1 Å². The molecule has 0 radical (unpaired) electrons. The van der Waals surface area contributed by atoms with Crippen molar-refractivity contribution in [2.45, 2.75) is 32.1 Å². The van der Waals surface area contributed by atoms with E-state index in [9.17, 15) is 4.79 Å². The molecule has 3 rings (SSSR count). The summed E-state index contributed by atoms with van der Waals surface area (Å²) in [7, 11) is 3.25. The predicted octanol–water partition coefficient (Wildman–Crippen LogP) is 3.35. The Morgan fingerprint density at radius 3 is 2.68 bits per heavy atom. The van der Waals surface area contributed by atoms with Crippen molar-refractivity contribution in [2.24, 2.45) is 0 Å². The summed E-state index contributed by atoms with van der Waals surface area (Å²) < 4.78 is 5.56. The Balaban J connectivity index is 2.11. The second-order valence-electron chi connectivity index (χ2n) is 6.31. The number of amides is 1. The number of benzene rings is 1. The number of nitrogens with one attached hydrogen (secondary N) is 2. The molecule has 0 unspecified atom stereocenters. The minimum absolute atomic E-state index is 0.210. The molecule has 1 aromatic heterocycles. The van der Waals surface area contributed by atoms with Gasteiger partial charge in [-0.15, -0.1) is 0 Å². The summed E-state index contributed by atoms with van der Waals surface area (Å²) in [5.74, 6) is 1.45. The van der Waals surface area contributed by atoms with Gasteiger partial charge in [-0.1, -0.05) is 18.6 Å². The van der Waals surface area contributed by atoms with Crippen LogP contribution >= 0.6 is 0 Å². The van der Waals surface area contributed by atoms with E-state index >= 15 is 0 Å². The highest BCUT2D eigenvalue weighted by Gasteiger charge is 2.25. The fraction of sp³-hybridized carbons (Fsp3) is 0.368. The number of nitrogen functional groups attached to an aromatic ring is 1. The van der Waals surface area contributed by atoms with Crippen LogP contribution in [0.25, 0.3) is 0 Å². The first-order chi connectivity index (χ1) is 12.1. The van der Waals surface area contributed by atoms with Crippen LogP contribution in [-0.4, -0.2) is 25.0 Å². The Morgan fingerprint density at radius 1 is 1.32 bits per heavy atom. The first kappa shape index (κ1) is 17.1. The number of nitrogens with zero attached hydrogens (tertiary/aromatic N) is 1. The molecule has 1 amide bonds. The van der Waals surface area contributed by atoms with Crippen molar-refractivity contribution in [2.75, 3.05) is 25.2 Å². The van der Waals surface area contributed by atoms with Crippen LogP contribution in [0.15, 0.2) is 24.4 Å². The summed E-state index contributed by atoms with van der Waals surface area (Å²) in [4.78, 5) is 16.4. The van der Waals surface area contributed by atoms with Gasteiger partial charge in [-0.25, -0.2) is 4.98 Å². The maximum absolute atomic E-state index is 12.3. The molecule has 0 aliphatic heterocycles. The summed E-state index contributed by atoms with van der Waals surface area (Å²) in [5, 5.41) is 6.08. The number of carbonyl (C=O) groups excluding carboxylic acids is 1. The Kier molecular flexibility index (Phi) is 4.79. The van der Waals surface area contributed by atoms with E-state index in [4.69, 9.17) is 10.5 Å². The van der Waals surface area contributed by atoms with Crippen LogP contribution in [-0.2, 0) is 0 Å². The quantitative estimate of drug-likeness (QED) is 0.777. The summed E-state index contributed by atoms with van der Waals surface area (Å²) in [5.41, 5.74) is 9.95. The summed E-state index contributed by atoms with van der Waals surface area (Å²) >= 11 is 0. The number of ether oxygens (including phenoxy) is 1. The fourth-order valence-electron chi connectivity index (χ4n) is 3.13. The lowest BCUT2D eigenvalue weighted by molar-refractivity contribution is 0.0963. The molecule has 1 fully saturated rings. The van der Waals surface area contributed by atoms with Gasteiger partial charge in [0, 0.05) is 18.8 Å². The number of para-hydroxylation sites is 1. The third-order valence-electron chi connectivity index (χ3n) is 4.91. The number of hydrogen-bond donors (Lipinski definition) is 3. The van der Waals surface area contributed by atoms with E-state index in [1.807, 2.05) is 19.1 Å². The Morgan fingerprint density at radius 2 is 2.08 bits per heavy atom. The number of methoxy groups -OCH3 is 1. The van der Waals surface area contributed by atoms with Crippen molar-refractivity contribution >= 4 is 23.1 Å². The summed E-state index contributed by atoms with van der Waals surface area (Å²) in [6.45, 7) is 1.86. The number of anilines is 3. The second kappa shape index (κ2) is 7.01. The zero-order chi connectivity index (χ0) is 18.0. The number of rotatable bonds is 5. The van der Waals surface area contributed by atoms with Crippen LogP contribution in [0.1, 0.15) is 46.7 Å². The molecule has 132 valence electrons. The smallest absolute Gasteiger partial charge is 0.254 e. The van der Waals surface area contributed by atoms with Crippen molar-refractivity contribution in [3.8, 4) is 5.75 Å². The summed E-state index contributed by atoms with van der Waals surface area (Å²) in [6.07, 6.45) is 5.08. The fourth-order valence-corrected chi connectivity index (χ4v) is 3.13. The first-order valence-corrected chi connectivity index (χ1v) is 8.47. The molecule has 1 heterocycles. The van der Waals surface area contributed by atoms with E-state index < -0.39 is 0 Å². The van der Waals surface area contributed by atoms with E-state index in [2.05, 4.69) is 21.7 Å². The predicted molar refractivity (Wildman–Crippen MR) is 99.6 cm³/mol. The minimum Gasteiger partial charge on any atom is -0.495 e. The zero-order valence-corrected chi connectivity index (χ0v) is 14.8. The molecule has 4 N–H and O–H groups in total. The number of carbonyl (C=O) groups is 1. The largest absolute Gasteiger partial charge is 0.495 e. The van der Waals surface area contributed by atoms with Gasteiger partial charge in [0.05, 0.1) is 24.0 Å². The van der Waals surface area contributed by atoms with Crippen LogP contribution in [0.2, 0.25) is 0 Å². The van der Waals surface area contributed by atoms with E-state index in [1.165, 1.54) is 31.0 Å². The molecular weight excluding hydrogens is 316 g/mol. The molecule has 0 bridgehead atoms. The topological polar surface area (TPSA) is 89.3 Å². The molecule has 0 saturated heterocycles. The average Bonchev–Trinajstić information content (AvgIpc) is 2.58. The monoisotopic (exact) mass is 340 g/mol. The second-order valence-corrected chi connectivity index (χ2v) is 6.31. The van der Waals surface area contributed by atoms with Crippen molar-refractivity contribution in [1.82, 2.24) is 10.3 Å². The Bertz CT molecular complexity index is 800. The van der Waals surface area contributed by atoms with E-state index in [0.29, 0.717) is 23.0 Å². The number of pyridine rings is 1. The van der Waals surface area contributed by atoms with Crippen LogP contribution in [0.4, 0.5) is 17.2 Å². The van der Waals surface area contributed by atoms with Gasteiger partial charge in [0.2, 0.25) is 0 Å². The van der Waals surface area contributed by atoms with E-state index in [1.54, 1.807) is 14.2 Å². The highest BCUT2D eigenvalue weighted by molar-refractivity contribution is 6.01. The van der Waals surface area contributed by atoms with E-state index in [-0.39, 0.29) is 5.91 Å². The molecule has 25 heavy (non-hydrogen) atoms. The van der Waals surface area contributed by atoms with Gasteiger partial charge in [-0.3, -0.25) is 4.79 Å². The highest BCUT2D eigenvalue weighted by atomic mass is 16.5. The van der Waals surface area contributed by atoms with Crippen LogP contribution in [0, 0.1) is 6.92 Å². The summed E-state index contributed by atoms with van der Waals surface area (Å²) in [6, 6.07) is 6.04. The molecule has 0 atom stereocenters. The van der Waals surface area contributed by atoms with Gasteiger partial charge >= 0.3 is 0 Å². The van der Waals surface area contributed by atoms with Gasteiger partial charge in [0.15, 0.2) is 0 Å². The molecule has 1 aromatic carbocycles. The molecule has 1 aliphatic carbocycles. The van der Waals surface area contributed by atoms with Crippen LogP contribution in [0.5, 0.6) is 5.75 Å². The number of hydrogen-bond acceptors (Lipinski definition) is 5. The molecule has 1 aliphatic rings. The van der Waals surface area contributed by atoms with Gasteiger partial charge in [-0.05, 0) is 37.3 Å². The zero-order valence-electron chi connectivity index (χ0n) is 14.8. The van der Waals surface area contributed by atoms with Gasteiger partial charge < -0.3 is 21.1 Å². The number of nitrogens with two attached hydrogens (primary N) is 1. The maximum Gasteiger partial charge on any atom is 0.254 e. The van der Waals surface area contributed by atoms with Gasteiger partial charge in [0.1, 0.15) is 11.6 Å². The van der Waals surface area contributed by atoms with Crippen molar-refractivity contribution in [3.63, 3.8) is 0 Å². The SMILES string of the molecule is CNC(=O)c1cnc(N)c(C)c1Nc1c(OC)cccc1C1CCC1. The highest BCUT2D eigenvalue weighted by Crippen LogP contribution is 2.44. The standard InChI is InChI=1S/C19H24N4O2/c1-11-16(14(19(24)21-2)10-22-18(11)20)23-17-13(12-6-4-7-12)8-5-9-15(17)25-3/h5,8-10,12H,4,6-7H2,1-3H3,(H,21,24)(H3,20,22,23).